The molecule has 0 saturated heterocycles. The van der Waals surface area contributed by atoms with E-state index in [-0.39, 0.29) is 24.2 Å². The highest BCUT2D eigenvalue weighted by Crippen LogP contribution is 2.23. The standard InChI is InChI=1S/C15H20FNO/c1-11-6-2-5-9-14(11)17-15(18)10-12-7-3-4-8-13(12)16/h3-4,7-8,11,14H,2,5-6,9-10H2,1H3,(H,17,18). The first-order chi connectivity index (χ1) is 8.66. The van der Waals surface area contributed by atoms with E-state index in [0.717, 1.165) is 6.42 Å². The number of amides is 1. The van der Waals surface area contributed by atoms with Gasteiger partial charge in [-0.1, -0.05) is 38.0 Å². The number of halogens is 1. The van der Waals surface area contributed by atoms with Gasteiger partial charge in [0.15, 0.2) is 0 Å². The normalized spacial score (nSPS) is 23.7. The fraction of sp³-hybridized carbons (Fsp3) is 0.533. The molecule has 1 aliphatic carbocycles. The number of carbonyl (C=O) groups is 1. The van der Waals surface area contributed by atoms with Gasteiger partial charge >= 0.3 is 0 Å². The van der Waals surface area contributed by atoms with Crippen molar-refractivity contribution in [3.63, 3.8) is 0 Å². The van der Waals surface area contributed by atoms with Crippen molar-refractivity contribution in [3.8, 4) is 0 Å². The van der Waals surface area contributed by atoms with E-state index in [9.17, 15) is 9.18 Å². The van der Waals surface area contributed by atoms with E-state index in [1.54, 1.807) is 18.2 Å². The Bertz CT molecular complexity index is 419. The second-order valence-electron chi connectivity index (χ2n) is 5.20. The van der Waals surface area contributed by atoms with Crippen molar-refractivity contribution >= 4 is 5.91 Å². The van der Waals surface area contributed by atoms with Crippen LogP contribution in [0.25, 0.3) is 0 Å². The first kappa shape index (κ1) is 13.1. The van der Waals surface area contributed by atoms with Gasteiger partial charge in [0.05, 0.1) is 6.42 Å². The highest BCUT2D eigenvalue weighted by molar-refractivity contribution is 5.78. The van der Waals surface area contributed by atoms with Crippen LogP contribution in [0.2, 0.25) is 0 Å². The Morgan fingerprint density at radius 1 is 1.33 bits per heavy atom. The summed E-state index contributed by atoms with van der Waals surface area (Å²) in [6.07, 6.45) is 4.78. The van der Waals surface area contributed by atoms with Crippen molar-refractivity contribution < 1.29 is 9.18 Å². The Morgan fingerprint density at radius 3 is 2.78 bits per heavy atom. The minimum Gasteiger partial charge on any atom is -0.353 e. The first-order valence-corrected chi connectivity index (χ1v) is 6.69. The van der Waals surface area contributed by atoms with Crippen LogP contribution in [0.3, 0.4) is 0 Å². The van der Waals surface area contributed by atoms with Gasteiger partial charge in [0.2, 0.25) is 5.91 Å². The van der Waals surface area contributed by atoms with Crippen molar-refractivity contribution in [2.45, 2.75) is 45.1 Å². The largest absolute Gasteiger partial charge is 0.353 e. The number of hydrogen-bond acceptors (Lipinski definition) is 1. The van der Waals surface area contributed by atoms with Crippen molar-refractivity contribution in [2.24, 2.45) is 5.92 Å². The van der Waals surface area contributed by atoms with Gasteiger partial charge in [0, 0.05) is 6.04 Å². The SMILES string of the molecule is CC1CCCCC1NC(=O)Cc1ccccc1F. The average Bonchev–Trinajstić information content (AvgIpc) is 2.35. The maximum Gasteiger partial charge on any atom is 0.224 e. The fourth-order valence-electron chi connectivity index (χ4n) is 2.60. The molecule has 0 radical (unpaired) electrons. The van der Waals surface area contributed by atoms with Crippen LogP contribution >= 0.6 is 0 Å². The lowest BCUT2D eigenvalue weighted by Gasteiger charge is -2.29. The molecule has 2 atom stereocenters. The Morgan fingerprint density at radius 2 is 2.06 bits per heavy atom. The number of rotatable bonds is 3. The Hall–Kier alpha value is -1.38. The quantitative estimate of drug-likeness (QED) is 0.876. The molecule has 0 aromatic heterocycles. The van der Waals surface area contributed by atoms with E-state index in [0.29, 0.717) is 11.5 Å². The summed E-state index contributed by atoms with van der Waals surface area (Å²) >= 11 is 0. The lowest BCUT2D eigenvalue weighted by atomic mass is 9.86. The van der Waals surface area contributed by atoms with E-state index in [1.807, 2.05) is 0 Å². The third kappa shape index (κ3) is 3.31. The van der Waals surface area contributed by atoms with Gasteiger partial charge in [0.1, 0.15) is 5.82 Å². The van der Waals surface area contributed by atoms with Gasteiger partial charge < -0.3 is 5.32 Å². The number of hydrogen-bond donors (Lipinski definition) is 1. The van der Waals surface area contributed by atoms with Crippen molar-refractivity contribution in [2.75, 3.05) is 0 Å². The Balaban J connectivity index is 1.90. The zero-order valence-corrected chi connectivity index (χ0v) is 10.8. The van der Waals surface area contributed by atoms with Crippen molar-refractivity contribution in [1.29, 1.82) is 0 Å². The average molecular weight is 249 g/mol. The lowest BCUT2D eigenvalue weighted by Crippen LogP contribution is -2.41. The molecule has 2 nitrogen and oxygen atoms in total. The van der Waals surface area contributed by atoms with Crippen LogP contribution in [0.4, 0.5) is 4.39 Å². The highest BCUT2D eigenvalue weighted by atomic mass is 19.1. The van der Waals surface area contributed by atoms with Crippen LogP contribution in [0.5, 0.6) is 0 Å². The van der Waals surface area contributed by atoms with E-state index >= 15 is 0 Å². The molecule has 18 heavy (non-hydrogen) atoms. The van der Waals surface area contributed by atoms with Gasteiger partial charge in [-0.25, -0.2) is 4.39 Å². The summed E-state index contributed by atoms with van der Waals surface area (Å²) in [6, 6.07) is 6.72. The molecule has 0 bridgehead atoms. The molecular weight excluding hydrogens is 229 g/mol. The van der Waals surface area contributed by atoms with Gasteiger partial charge in [-0.15, -0.1) is 0 Å². The zero-order valence-electron chi connectivity index (χ0n) is 10.8. The third-order valence-corrected chi connectivity index (χ3v) is 3.77. The summed E-state index contributed by atoms with van der Waals surface area (Å²) in [4.78, 5) is 11.9. The highest BCUT2D eigenvalue weighted by Gasteiger charge is 2.22. The molecular formula is C15H20FNO. The molecule has 0 spiro atoms. The summed E-state index contributed by atoms with van der Waals surface area (Å²) in [7, 11) is 0. The lowest BCUT2D eigenvalue weighted by molar-refractivity contribution is -0.121. The summed E-state index contributed by atoms with van der Waals surface area (Å²) in [5.41, 5.74) is 0.471. The molecule has 1 aromatic rings. The summed E-state index contributed by atoms with van der Waals surface area (Å²) in [5, 5.41) is 3.04. The van der Waals surface area contributed by atoms with E-state index < -0.39 is 0 Å². The molecule has 1 saturated carbocycles. The topological polar surface area (TPSA) is 29.1 Å². The number of nitrogens with one attached hydrogen (secondary N) is 1. The first-order valence-electron chi connectivity index (χ1n) is 6.69. The molecule has 3 heteroatoms. The second kappa shape index (κ2) is 5.98. The molecule has 2 unspecified atom stereocenters. The number of carbonyl (C=O) groups excluding carboxylic acids is 1. The van der Waals surface area contributed by atoms with Gasteiger partial charge in [0.25, 0.3) is 0 Å². The van der Waals surface area contributed by atoms with Crippen LogP contribution in [-0.4, -0.2) is 11.9 Å². The van der Waals surface area contributed by atoms with Crippen LogP contribution in [0, 0.1) is 11.7 Å². The molecule has 0 heterocycles. The van der Waals surface area contributed by atoms with Crippen LogP contribution in [0.1, 0.15) is 38.2 Å². The molecule has 2 rings (SSSR count). The number of benzene rings is 1. The third-order valence-electron chi connectivity index (χ3n) is 3.77. The molecule has 1 aromatic carbocycles. The van der Waals surface area contributed by atoms with E-state index in [1.165, 1.54) is 25.3 Å². The predicted octanol–water partition coefficient (Wildman–Crippen LogP) is 3.06. The molecule has 0 aliphatic heterocycles. The molecule has 98 valence electrons. The van der Waals surface area contributed by atoms with Gasteiger partial charge in [-0.05, 0) is 30.4 Å². The van der Waals surface area contributed by atoms with Gasteiger partial charge in [-0.3, -0.25) is 4.79 Å². The molecule has 1 N–H and O–H groups in total. The fourth-order valence-corrected chi connectivity index (χ4v) is 2.60. The zero-order chi connectivity index (χ0) is 13.0. The van der Waals surface area contributed by atoms with Crippen molar-refractivity contribution in [3.05, 3.63) is 35.6 Å². The minimum absolute atomic E-state index is 0.0705. The Kier molecular flexibility index (Phi) is 4.34. The van der Waals surface area contributed by atoms with Crippen LogP contribution < -0.4 is 5.32 Å². The van der Waals surface area contributed by atoms with Gasteiger partial charge in [-0.2, -0.15) is 0 Å². The van der Waals surface area contributed by atoms with Crippen molar-refractivity contribution in [1.82, 2.24) is 5.32 Å². The summed E-state index contributed by atoms with van der Waals surface area (Å²) in [6.45, 7) is 2.17. The predicted molar refractivity (Wildman–Crippen MR) is 69.7 cm³/mol. The molecule has 1 amide bonds. The molecule has 1 aliphatic rings. The smallest absolute Gasteiger partial charge is 0.224 e. The van der Waals surface area contributed by atoms with Crippen LogP contribution in [0.15, 0.2) is 24.3 Å². The van der Waals surface area contributed by atoms with Crippen LogP contribution in [-0.2, 0) is 11.2 Å². The monoisotopic (exact) mass is 249 g/mol. The van der Waals surface area contributed by atoms with E-state index in [4.69, 9.17) is 0 Å². The maximum absolute atomic E-state index is 13.4. The summed E-state index contributed by atoms with van der Waals surface area (Å²) < 4.78 is 13.4. The second-order valence-corrected chi connectivity index (χ2v) is 5.20. The Labute approximate surface area is 108 Å². The molecule has 1 fully saturated rings. The van der Waals surface area contributed by atoms with E-state index in [2.05, 4.69) is 12.2 Å². The minimum atomic E-state index is -0.302. The maximum atomic E-state index is 13.4. The summed E-state index contributed by atoms with van der Waals surface area (Å²) in [5.74, 6) is 0.159.